The van der Waals surface area contributed by atoms with Crippen molar-refractivity contribution in [3.05, 3.63) is 47.0 Å². The Balaban J connectivity index is 1.77. The van der Waals surface area contributed by atoms with E-state index in [9.17, 15) is 13.6 Å². The summed E-state index contributed by atoms with van der Waals surface area (Å²) in [6.07, 6.45) is 1.60. The van der Waals surface area contributed by atoms with Gasteiger partial charge in [0.1, 0.15) is 5.82 Å². The largest absolute Gasteiger partial charge is 0.335 e. The first-order valence-corrected chi connectivity index (χ1v) is 7.09. The predicted molar refractivity (Wildman–Crippen MR) is 75.4 cm³/mol. The van der Waals surface area contributed by atoms with E-state index in [1.165, 1.54) is 4.90 Å². The van der Waals surface area contributed by atoms with E-state index in [1.807, 2.05) is 24.6 Å². The SMILES string of the molecule is Cc1cc(C)n(C2CCN(C(=O)c3ncc(F)cc3F)C2)n1. The number of likely N-dealkylation sites (tertiary alicyclic amines) is 1. The fraction of sp³-hybridized carbons (Fsp3) is 0.400. The van der Waals surface area contributed by atoms with Gasteiger partial charge in [-0.15, -0.1) is 0 Å². The molecule has 0 bridgehead atoms. The third-order valence-electron chi connectivity index (χ3n) is 3.85. The Kier molecular flexibility index (Phi) is 3.64. The van der Waals surface area contributed by atoms with Gasteiger partial charge in [-0.1, -0.05) is 0 Å². The lowest BCUT2D eigenvalue weighted by Gasteiger charge is -2.17. The minimum atomic E-state index is -0.931. The highest BCUT2D eigenvalue weighted by atomic mass is 19.1. The monoisotopic (exact) mass is 306 g/mol. The zero-order valence-electron chi connectivity index (χ0n) is 12.4. The van der Waals surface area contributed by atoms with Crippen LogP contribution in [0.25, 0.3) is 0 Å². The van der Waals surface area contributed by atoms with Gasteiger partial charge in [-0.2, -0.15) is 5.10 Å². The van der Waals surface area contributed by atoms with Crippen LogP contribution in [0, 0.1) is 25.5 Å². The smallest absolute Gasteiger partial charge is 0.275 e. The Morgan fingerprint density at radius 2 is 2.09 bits per heavy atom. The molecule has 7 heteroatoms. The molecule has 1 aliphatic heterocycles. The topological polar surface area (TPSA) is 51.0 Å². The summed E-state index contributed by atoms with van der Waals surface area (Å²) in [4.78, 5) is 17.4. The van der Waals surface area contributed by atoms with E-state index in [0.29, 0.717) is 19.2 Å². The molecule has 1 amide bonds. The summed E-state index contributed by atoms with van der Waals surface area (Å²) in [6.45, 7) is 4.82. The molecule has 0 N–H and O–H groups in total. The Morgan fingerprint density at radius 1 is 1.32 bits per heavy atom. The fourth-order valence-electron chi connectivity index (χ4n) is 2.86. The zero-order chi connectivity index (χ0) is 15.9. The third-order valence-corrected chi connectivity index (χ3v) is 3.85. The molecule has 1 aliphatic rings. The van der Waals surface area contributed by atoms with Crippen molar-refractivity contribution in [2.75, 3.05) is 13.1 Å². The maximum atomic E-state index is 13.7. The summed E-state index contributed by atoms with van der Waals surface area (Å²) in [5.41, 5.74) is 1.62. The molecule has 5 nitrogen and oxygen atoms in total. The number of carbonyl (C=O) groups is 1. The van der Waals surface area contributed by atoms with Gasteiger partial charge in [0.2, 0.25) is 0 Å². The molecule has 1 saturated heterocycles. The molecule has 1 unspecified atom stereocenters. The molecule has 0 saturated carbocycles. The summed E-state index contributed by atoms with van der Waals surface area (Å²) in [5, 5.41) is 4.43. The molecule has 0 radical (unpaired) electrons. The van der Waals surface area contributed by atoms with E-state index in [1.54, 1.807) is 0 Å². The highest BCUT2D eigenvalue weighted by molar-refractivity contribution is 5.92. The van der Waals surface area contributed by atoms with E-state index in [-0.39, 0.29) is 11.7 Å². The molecule has 2 aromatic rings. The lowest BCUT2D eigenvalue weighted by molar-refractivity contribution is 0.0775. The number of hydrogen-bond acceptors (Lipinski definition) is 3. The van der Waals surface area contributed by atoms with Gasteiger partial charge >= 0.3 is 0 Å². The van der Waals surface area contributed by atoms with E-state index in [4.69, 9.17) is 0 Å². The molecule has 22 heavy (non-hydrogen) atoms. The van der Waals surface area contributed by atoms with Gasteiger partial charge in [0.15, 0.2) is 11.5 Å². The average Bonchev–Trinajstić information content (AvgIpc) is 3.04. The first-order chi connectivity index (χ1) is 10.5. The number of halogens is 2. The first-order valence-electron chi connectivity index (χ1n) is 7.09. The maximum absolute atomic E-state index is 13.7. The van der Waals surface area contributed by atoms with Crippen LogP contribution in [0.2, 0.25) is 0 Å². The van der Waals surface area contributed by atoms with Gasteiger partial charge in [-0.25, -0.2) is 13.8 Å². The van der Waals surface area contributed by atoms with Crippen LogP contribution < -0.4 is 0 Å². The van der Waals surface area contributed by atoms with Gasteiger partial charge in [0.25, 0.3) is 5.91 Å². The van der Waals surface area contributed by atoms with Crippen molar-refractivity contribution < 1.29 is 13.6 Å². The van der Waals surface area contributed by atoms with Crippen molar-refractivity contribution in [1.29, 1.82) is 0 Å². The second-order valence-corrected chi connectivity index (χ2v) is 5.55. The van der Waals surface area contributed by atoms with Crippen LogP contribution in [-0.4, -0.2) is 38.7 Å². The Hall–Kier alpha value is -2.31. The van der Waals surface area contributed by atoms with Crippen LogP contribution in [0.15, 0.2) is 18.3 Å². The fourth-order valence-corrected chi connectivity index (χ4v) is 2.86. The summed E-state index contributed by atoms with van der Waals surface area (Å²) >= 11 is 0. The Bertz CT molecular complexity index is 728. The van der Waals surface area contributed by atoms with Crippen LogP contribution in [0.1, 0.15) is 34.3 Å². The second kappa shape index (κ2) is 5.47. The Morgan fingerprint density at radius 3 is 2.73 bits per heavy atom. The standard InChI is InChI=1S/C15H16F2N4O/c1-9-5-10(2)21(19-9)12-3-4-20(8-12)15(22)14-13(17)6-11(16)7-18-14/h5-7,12H,3-4,8H2,1-2H3. The van der Waals surface area contributed by atoms with Crippen LogP contribution in [0.5, 0.6) is 0 Å². The van der Waals surface area contributed by atoms with Gasteiger partial charge in [-0.05, 0) is 26.3 Å². The van der Waals surface area contributed by atoms with Gasteiger partial charge < -0.3 is 4.90 Å². The molecular formula is C15H16F2N4O. The van der Waals surface area contributed by atoms with Crippen molar-refractivity contribution in [3.63, 3.8) is 0 Å². The molecule has 2 aromatic heterocycles. The van der Waals surface area contributed by atoms with E-state index >= 15 is 0 Å². The van der Waals surface area contributed by atoms with Crippen molar-refractivity contribution in [1.82, 2.24) is 19.7 Å². The van der Waals surface area contributed by atoms with Crippen molar-refractivity contribution >= 4 is 5.91 Å². The molecule has 0 spiro atoms. The quantitative estimate of drug-likeness (QED) is 0.855. The summed E-state index contributed by atoms with van der Waals surface area (Å²) in [6, 6.07) is 2.72. The van der Waals surface area contributed by atoms with Gasteiger partial charge in [0.05, 0.1) is 17.9 Å². The van der Waals surface area contributed by atoms with Crippen molar-refractivity contribution in [2.24, 2.45) is 0 Å². The predicted octanol–water partition coefficient (Wildman–Crippen LogP) is 2.26. The summed E-state index contributed by atoms with van der Waals surface area (Å²) in [7, 11) is 0. The number of aromatic nitrogens is 3. The summed E-state index contributed by atoms with van der Waals surface area (Å²) < 4.78 is 28.5. The molecule has 1 atom stereocenters. The molecule has 1 fully saturated rings. The number of carbonyl (C=O) groups excluding carboxylic acids is 1. The van der Waals surface area contributed by atoms with Gasteiger partial charge in [0, 0.05) is 24.8 Å². The summed E-state index contributed by atoms with van der Waals surface area (Å²) in [5.74, 6) is -2.24. The number of amides is 1. The number of nitrogens with zero attached hydrogens (tertiary/aromatic N) is 4. The van der Waals surface area contributed by atoms with Gasteiger partial charge in [-0.3, -0.25) is 9.48 Å². The zero-order valence-corrected chi connectivity index (χ0v) is 12.4. The number of rotatable bonds is 2. The highest BCUT2D eigenvalue weighted by Gasteiger charge is 2.31. The van der Waals surface area contributed by atoms with Crippen LogP contribution in [-0.2, 0) is 0 Å². The minimum Gasteiger partial charge on any atom is -0.335 e. The highest BCUT2D eigenvalue weighted by Crippen LogP contribution is 2.24. The molecular weight excluding hydrogens is 290 g/mol. The Labute approximate surface area is 126 Å². The lowest BCUT2D eigenvalue weighted by Crippen LogP contribution is -2.31. The molecule has 3 rings (SSSR count). The first kappa shape index (κ1) is 14.6. The van der Waals surface area contributed by atoms with Crippen molar-refractivity contribution in [3.8, 4) is 0 Å². The van der Waals surface area contributed by atoms with Crippen LogP contribution in [0.3, 0.4) is 0 Å². The molecule has 0 aromatic carbocycles. The minimum absolute atomic E-state index is 0.0705. The maximum Gasteiger partial charge on any atom is 0.275 e. The number of hydrogen-bond donors (Lipinski definition) is 0. The number of aryl methyl sites for hydroxylation is 2. The van der Waals surface area contributed by atoms with E-state index in [2.05, 4.69) is 10.1 Å². The van der Waals surface area contributed by atoms with E-state index in [0.717, 1.165) is 24.0 Å². The average molecular weight is 306 g/mol. The van der Waals surface area contributed by atoms with E-state index < -0.39 is 17.5 Å². The molecule has 0 aliphatic carbocycles. The third kappa shape index (κ3) is 2.58. The molecule has 116 valence electrons. The lowest BCUT2D eigenvalue weighted by atomic mass is 10.2. The molecule has 3 heterocycles. The van der Waals surface area contributed by atoms with Crippen LogP contribution in [0.4, 0.5) is 8.78 Å². The normalized spacial score (nSPS) is 18.0. The van der Waals surface area contributed by atoms with Crippen LogP contribution >= 0.6 is 0 Å². The number of pyridine rings is 1. The van der Waals surface area contributed by atoms with Crippen molar-refractivity contribution in [2.45, 2.75) is 26.3 Å². The second-order valence-electron chi connectivity index (χ2n) is 5.55.